The molecule has 12 heavy (non-hydrogen) atoms. The first-order chi connectivity index (χ1) is 5.20. The van der Waals surface area contributed by atoms with Gasteiger partial charge in [-0.3, -0.25) is 0 Å². The number of halogens is 1. The molecular formula is C6H12ClNO4. The Morgan fingerprint density at radius 1 is 1.25 bits per heavy atom. The van der Waals surface area contributed by atoms with E-state index in [-0.39, 0.29) is 18.5 Å². The van der Waals surface area contributed by atoms with E-state index in [4.69, 9.17) is 15.2 Å². The van der Waals surface area contributed by atoms with Gasteiger partial charge in [0, 0.05) is 0 Å². The lowest BCUT2D eigenvalue weighted by atomic mass is 9.99. The third kappa shape index (κ3) is 1.32. The fourth-order valence-corrected chi connectivity index (χ4v) is 1.43. The Morgan fingerprint density at radius 3 is 2.58 bits per heavy atom. The molecule has 0 aromatic carbocycles. The summed E-state index contributed by atoms with van der Waals surface area (Å²) in [4.78, 5) is 0. The molecule has 0 saturated carbocycles. The molecule has 4 N–H and O–H groups in total. The Kier molecular flexibility index (Phi) is 2.92. The lowest BCUT2D eigenvalue weighted by Gasteiger charge is -2.33. The number of aliphatic hydroxyl groups is 2. The predicted octanol–water partition coefficient (Wildman–Crippen LogP) is -1.79. The smallest absolute Gasteiger partial charge is 0.185 e. The summed E-state index contributed by atoms with van der Waals surface area (Å²) in [6.45, 7) is 0.316. The highest BCUT2D eigenvalue weighted by atomic mass is 35.5. The Bertz CT molecular complexity index is 150. The standard InChI is InChI=1S/C6H11NO4.ClH/c7-3-4(8)2-1-10-6(11-2)5(3)9;/h2-6,8-9H,1,7H2;1H/t2-,3+,4-,5+,6-;/m1./s1. The molecule has 0 aromatic heterocycles. The maximum atomic E-state index is 9.34. The second-order valence-corrected chi connectivity index (χ2v) is 2.93. The molecule has 72 valence electrons. The minimum absolute atomic E-state index is 0. The monoisotopic (exact) mass is 197 g/mol. The molecule has 5 nitrogen and oxygen atoms in total. The van der Waals surface area contributed by atoms with E-state index in [1.54, 1.807) is 0 Å². The van der Waals surface area contributed by atoms with E-state index in [2.05, 4.69) is 0 Å². The first-order valence-corrected chi connectivity index (χ1v) is 3.59. The molecule has 2 saturated heterocycles. The van der Waals surface area contributed by atoms with Gasteiger partial charge in [0.1, 0.15) is 18.3 Å². The van der Waals surface area contributed by atoms with Crippen molar-refractivity contribution in [2.45, 2.75) is 30.6 Å². The molecule has 0 aromatic rings. The highest BCUT2D eigenvalue weighted by Crippen LogP contribution is 2.26. The first kappa shape index (κ1) is 10.2. The van der Waals surface area contributed by atoms with Crippen LogP contribution in [0.2, 0.25) is 0 Å². The van der Waals surface area contributed by atoms with Gasteiger partial charge >= 0.3 is 0 Å². The van der Waals surface area contributed by atoms with Crippen molar-refractivity contribution in [3.05, 3.63) is 0 Å². The van der Waals surface area contributed by atoms with Gasteiger partial charge in [0.2, 0.25) is 0 Å². The topological polar surface area (TPSA) is 84.9 Å². The molecule has 0 amide bonds. The summed E-state index contributed by atoms with van der Waals surface area (Å²) in [6, 6.07) is -0.652. The van der Waals surface area contributed by atoms with Crippen LogP contribution in [0.4, 0.5) is 0 Å². The maximum Gasteiger partial charge on any atom is 0.185 e. The Labute approximate surface area is 75.9 Å². The summed E-state index contributed by atoms with van der Waals surface area (Å²) in [5.41, 5.74) is 5.48. The second kappa shape index (κ2) is 3.45. The highest BCUT2D eigenvalue weighted by molar-refractivity contribution is 5.85. The number of hydrogen-bond donors (Lipinski definition) is 3. The SMILES string of the molecule is Cl.N[C@@H]1[C@H](O)[C@@H]2OC[C@@H](O2)[C@H]1O. The molecule has 5 atom stereocenters. The Balaban J connectivity index is 0.000000720. The molecule has 2 aliphatic rings. The van der Waals surface area contributed by atoms with Gasteiger partial charge in [0.25, 0.3) is 0 Å². The van der Waals surface area contributed by atoms with Gasteiger partial charge in [-0.2, -0.15) is 0 Å². The first-order valence-electron chi connectivity index (χ1n) is 3.59. The number of ether oxygens (including phenoxy) is 2. The molecule has 0 aliphatic carbocycles. The van der Waals surface area contributed by atoms with Crippen LogP contribution in [0.3, 0.4) is 0 Å². The van der Waals surface area contributed by atoms with Crippen LogP contribution >= 0.6 is 12.4 Å². The molecule has 0 spiro atoms. The van der Waals surface area contributed by atoms with Crippen molar-refractivity contribution in [2.75, 3.05) is 6.61 Å². The number of hydrogen-bond acceptors (Lipinski definition) is 5. The van der Waals surface area contributed by atoms with Gasteiger partial charge in [0.15, 0.2) is 6.29 Å². The molecule has 2 fully saturated rings. The molecule has 0 unspecified atom stereocenters. The van der Waals surface area contributed by atoms with Crippen LogP contribution in [0, 0.1) is 0 Å². The number of nitrogens with two attached hydrogens (primary N) is 1. The van der Waals surface area contributed by atoms with Crippen molar-refractivity contribution >= 4 is 12.4 Å². The van der Waals surface area contributed by atoms with Gasteiger partial charge in [0.05, 0.1) is 12.6 Å². The summed E-state index contributed by atoms with van der Waals surface area (Å²) in [6.07, 6.45) is -2.73. The van der Waals surface area contributed by atoms with Gasteiger partial charge in [-0.05, 0) is 0 Å². The van der Waals surface area contributed by atoms with E-state index in [1.807, 2.05) is 0 Å². The normalized spacial score (nSPS) is 51.8. The van der Waals surface area contributed by atoms with Crippen molar-refractivity contribution in [1.82, 2.24) is 0 Å². The fourth-order valence-electron chi connectivity index (χ4n) is 1.43. The molecule has 2 aliphatic heterocycles. The van der Waals surface area contributed by atoms with E-state index in [0.29, 0.717) is 6.61 Å². The maximum absolute atomic E-state index is 9.34. The van der Waals surface area contributed by atoms with Crippen LogP contribution in [-0.4, -0.2) is 47.5 Å². The predicted molar refractivity (Wildman–Crippen MR) is 41.9 cm³/mol. The Morgan fingerprint density at radius 2 is 1.92 bits per heavy atom. The lowest BCUT2D eigenvalue weighted by molar-refractivity contribution is -0.189. The van der Waals surface area contributed by atoms with Gasteiger partial charge in [-0.15, -0.1) is 12.4 Å². The molecule has 2 bridgehead atoms. The zero-order chi connectivity index (χ0) is 8.01. The molecular weight excluding hydrogens is 186 g/mol. The summed E-state index contributed by atoms with van der Waals surface area (Å²) >= 11 is 0. The van der Waals surface area contributed by atoms with Crippen molar-refractivity contribution in [1.29, 1.82) is 0 Å². The van der Waals surface area contributed by atoms with E-state index >= 15 is 0 Å². The number of fused-ring (bicyclic) bond motifs is 2. The van der Waals surface area contributed by atoms with Crippen molar-refractivity contribution in [3.8, 4) is 0 Å². The third-order valence-corrected chi connectivity index (χ3v) is 2.18. The van der Waals surface area contributed by atoms with Crippen LogP contribution in [-0.2, 0) is 9.47 Å². The number of rotatable bonds is 0. The van der Waals surface area contributed by atoms with Crippen molar-refractivity contribution in [3.63, 3.8) is 0 Å². The van der Waals surface area contributed by atoms with E-state index < -0.39 is 24.5 Å². The molecule has 6 heteroatoms. The average Bonchev–Trinajstić information content (AvgIpc) is 2.44. The molecule has 2 heterocycles. The highest BCUT2D eigenvalue weighted by Gasteiger charge is 2.47. The van der Waals surface area contributed by atoms with Crippen LogP contribution in [0.5, 0.6) is 0 Å². The minimum atomic E-state index is -0.913. The van der Waals surface area contributed by atoms with Crippen LogP contribution in [0.15, 0.2) is 0 Å². The molecule has 0 radical (unpaired) electrons. The van der Waals surface area contributed by atoms with Gasteiger partial charge in [-0.25, -0.2) is 0 Å². The van der Waals surface area contributed by atoms with E-state index in [0.717, 1.165) is 0 Å². The van der Waals surface area contributed by atoms with Gasteiger partial charge in [-0.1, -0.05) is 0 Å². The number of aliphatic hydroxyl groups excluding tert-OH is 2. The minimum Gasteiger partial charge on any atom is -0.389 e. The largest absolute Gasteiger partial charge is 0.389 e. The Hall–Kier alpha value is 0.0900. The van der Waals surface area contributed by atoms with Crippen LogP contribution < -0.4 is 5.73 Å². The van der Waals surface area contributed by atoms with Crippen molar-refractivity contribution < 1.29 is 19.7 Å². The zero-order valence-electron chi connectivity index (χ0n) is 6.29. The fraction of sp³-hybridized carbons (Fsp3) is 1.00. The van der Waals surface area contributed by atoms with Crippen LogP contribution in [0.25, 0.3) is 0 Å². The zero-order valence-corrected chi connectivity index (χ0v) is 7.11. The summed E-state index contributed by atoms with van der Waals surface area (Å²) < 4.78 is 10.1. The average molecular weight is 198 g/mol. The van der Waals surface area contributed by atoms with Gasteiger partial charge < -0.3 is 25.4 Å². The quantitative estimate of drug-likeness (QED) is 0.427. The third-order valence-electron chi connectivity index (χ3n) is 2.18. The van der Waals surface area contributed by atoms with Crippen LogP contribution in [0.1, 0.15) is 0 Å². The molecule has 2 rings (SSSR count). The van der Waals surface area contributed by atoms with Crippen molar-refractivity contribution in [2.24, 2.45) is 5.73 Å². The summed E-state index contributed by atoms with van der Waals surface area (Å²) in [7, 11) is 0. The summed E-state index contributed by atoms with van der Waals surface area (Å²) in [5, 5.41) is 18.6. The van der Waals surface area contributed by atoms with E-state index in [9.17, 15) is 10.2 Å². The van der Waals surface area contributed by atoms with E-state index in [1.165, 1.54) is 0 Å². The second-order valence-electron chi connectivity index (χ2n) is 2.93. The lowest BCUT2D eigenvalue weighted by Crippen LogP contribution is -2.58. The summed E-state index contributed by atoms with van der Waals surface area (Å²) in [5.74, 6) is 0.